The third-order valence-corrected chi connectivity index (χ3v) is 1.54. The van der Waals surface area contributed by atoms with Crippen LogP contribution in [0.3, 0.4) is 0 Å². The van der Waals surface area contributed by atoms with Gasteiger partial charge in [-0.1, -0.05) is 0 Å². The number of nitrogens with zero attached hydrogens (tertiary/aromatic N) is 2. The smallest absolute Gasteiger partial charge is 0.233 e. The first-order chi connectivity index (χ1) is 4.72. The molecule has 0 aromatic rings. The fourth-order valence-corrected chi connectivity index (χ4v) is 0.895. The van der Waals surface area contributed by atoms with Crippen molar-refractivity contribution >= 4 is 17.7 Å². The maximum atomic E-state index is 10.9. The van der Waals surface area contributed by atoms with Crippen LogP contribution in [0, 0.1) is 11.3 Å². The van der Waals surface area contributed by atoms with E-state index in [1.165, 1.54) is 16.7 Å². The molecule has 0 aliphatic rings. The number of rotatable bonds is 3. The lowest BCUT2D eigenvalue weighted by Gasteiger charge is -2.10. The number of thioether (sulfide) groups is 1. The molecule has 56 valence electrons. The lowest BCUT2D eigenvalue weighted by molar-refractivity contribution is -0.126. The zero-order valence-corrected chi connectivity index (χ0v) is 6.94. The zero-order chi connectivity index (χ0) is 7.98. The van der Waals surface area contributed by atoms with Crippen molar-refractivity contribution in [2.24, 2.45) is 0 Å². The van der Waals surface area contributed by atoms with Crippen LogP contribution in [0.25, 0.3) is 0 Å². The van der Waals surface area contributed by atoms with E-state index in [1.54, 1.807) is 7.05 Å². The van der Waals surface area contributed by atoms with Gasteiger partial charge in [-0.15, -0.1) is 0 Å². The van der Waals surface area contributed by atoms with Crippen LogP contribution in [-0.4, -0.2) is 36.4 Å². The Morgan fingerprint density at radius 2 is 2.40 bits per heavy atom. The van der Waals surface area contributed by atoms with Crippen LogP contribution in [-0.2, 0) is 4.79 Å². The SMILES string of the molecule is CSCC(=O)N(C)CC#N. The Kier molecular flexibility index (Phi) is 4.77. The molecule has 3 nitrogen and oxygen atoms in total. The summed E-state index contributed by atoms with van der Waals surface area (Å²) < 4.78 is 0. The van der Waals surface area contributed by atoms with E-state index in [2.05, 4.69) is 0 Å². The number of hydrogen-bond donors (Lipinski definition) is 0. The minimum atomic E-state index is 0.00838. The molecule has 0 aromatic carbocycles. The second-order valence-electron chi connectivity index (χ2n) is 1.84. The van der Waals surface area contributed by atoms with Crippen LogP contribution in [0.15, 0.2) is 0 Å². The molecule has 0 rings (SSSR count). The predicted molar refractivity (Wildman–Crippen MR) is 41.6 cm³/mol. The lowest BCUT2D eigenvalue weighted by Crippen LogP contribution is -2.28. The molecule has 0 aromatic heterocycles. The highest BCUT2D eigenvalue weighted by molar-refractivity contribution is 7.99. The Bertz CT molecular complexity index is 152. The van der Waals surface area contributed by atoms with Crippen molar-refractivity contribution in [1.82, 2.24) is 4.90 Å². The largest absolute Gasteiger partial charge is 0.332 e. The highest BCUT2D eigenvalue weighted by atomic mass is 32.2. The van der Waals surface area contributed by atoms with Gasteiger partial charge in [0.05, 0.1) is 11.8 Å². The van der Waals surface area contributed by atoms with Gasteiger partial charge in [0.15, 0.2) is 0 Å². The summed E-state index contributed by atoms with van der Waals surface area (Å²) >= 11 is 1.46. The molecule has 0 bridgehead atoms. The van der Waals surface area contributed by atoms with Crippen LogP contribution < -0.4 is 0 Å². The molecule has 0 aliphatic carbocycles. The fraction of sp³-hybridized carbons (Fsp3) is 0.667. The van der Waals surface area contributed by atoms with E-state index in [9.17, 15) is 4.79 Å². The summed E-state index contributed by atoms with van der Waals surface area (Å²) in [7, 11) is 1.63. The highest BCUT2D eigenvalue weighted by Crippen LogP contribution is 1.94. The topological polar surface area (TPSA) is 44.1 Å². The monoisotopic (exact) mass is 158 g/mol. The lowest BCUT2D eigenvalue weighted by atomic mass is 10.5. The van der Waals surface area contributed by atoms with Gasteiger partial charge in [-0.2, -0.15) is 17.0 Å². The Morgan fingerprint density at radius 3 is 2.80 bits per heavy atom. The predicted octanol–water partition coefficient (Wildman–Crippen LogP) is 0.331. The number of amides is 1. The number of hydrogen-bond acceptors (Lipinski definition) is 3. The average Bonchev–Trinajstić information content (AvgIpc) is 1.89. The van der Waals surface area contributed by atoms with E-state index in [1.807, 2.05) is 12.3 Å². The van der Waals surface area contributed by atoms with E-state index in [0.29, 0.717) is 5.75 Å². The Balaban J connectivity index is 3.62. The minimum absolute atomic E-state index is 0.00838. The standard InChI is InChI=1S/C6H10N2OS/c1-8(4-3-7)6(9)5-10-2/h4-5H2,1-2H3. The second kappa shape index (κ2) is 5.12. The second-order valence-corrected chi connectivity index (χ2v) is 2.71. The van der Waals surface area contributed by atoms with Gasteiger partial charge in [-0.3, -0.25) is 4.79 Å². The summed E-state index contributed by atoms with van der Waals surface area (Å²) in [6.07, 6.45) is 1.86. The molecular weight excluding hydrogens is 148 g/mol. The molecule has 10 heavy (non-hydrogen) atoms. The molecule has 0 saturated carbocycles. The van der Waals surface area contributed by atoms with E-state index in [-0.39, 0.29) is 12.5 Å². The van der Waals surface area contributed by atoms with Crippen molar-refractivity contribution in [1.29, 1.82) is 5.26 Å². The summed E-state index contributed by atoms with van der Waals surface area (Å²) in [6.45, 7) is 0.180. The van der Waals surface area contributed by atoms with Crippen LogP contribution >= 0.6 is 11.8 Å². The molecule has 0 aliphatic heterocycles. The summed E-state index contributed by atoms with van der Waals surface area (Å²) in [6, 6.07) is 1.90. The molecule has 0 radical (unpaired) electrons. The quantitative estimate of drug-likeness (QED) is 0.556. The molecule has 0 fully saturated rings. The molecular formula is C6H10N2OS. The maximum Gasteiger partial charge on any atom is 0.233 e. The first kappa shape index (κ1) is 9.31. The van der Waals surface area contributed by atoms with Crippen molar-refractivity contribution in [2.75, 3.05) is 25.6 Å². The van der Waals surface area contributed by atoms with E-state index >= 15 is 0 Å². The molecule has 0 spiro atoms. The van der Waals surface area contributed by atoms with Crippen molar-refractivity contribution in [3.05, 3.63) is 0 Å². The molecule has 0 atom stereocenters. The van der Waals surface area contributed by atoms with Gasteiger partial charge in [0.2, 0.25) is 5.91 Å². The van der Waals surface area contributed by atoms with Crippen molar-refractivity contribution < 1.29 is 4.79 Å². The molecule has 0 heterocycles. The van der Waals surface area contributed by atoms with Crippen molar-refractivity contribution in [3.63, 3.8) is 0 Å². The van der Waals surface area contributed by atoms with Gasteiger partial charge in [0, 0.05) is 7.05 Å². The third kappa shape index (κ3) is 3.36. The minimum Gasteiger partial charge on any atom is -0.332 e. The van der Waals surface area contributed by atoms with Gasteiger partial charge >= 0.3 is 0 Å². The molecule has 4 heteroatoms. The van der Waals surface area contributed by atoms with Crippen LogP contribution in [0.2, 0.25) is 0 Å². The Hall–Kier alpha value is -0.690. The average molecular weight is 158 g/mol. The molecule has 1 amide bonds. The van der Waals surface area contributed by atoms with Gasteiger partial charge in [-0.05, 0) is 6.26 Å². The molecule has 0 N–H and O–H groups in total. The van der Waals surface area contributed by atoms with Crippen LogP contribution in [0.5, 0.6) is 0 Å². The van der Waals surface area contributed by atoms with Gasteiger partial charge in [-0.25, -0.2) is 0 Å². The summed E-state index contributed by atoms with van der Waals surface area (Å²) in [5, 5.41) is 8.20. The first-order valence-electron chi connectivity index (χ1n) is 2.82. The van der Waals surface area contributed by atoms with Crippen molar-refractivity contribution in [3.8, 4) is 6.07 Å². The normalized spacial score (nSPS) is 8.50. The van der Waals surface area contributed by atoms with Crippen molar-refractivity contribution in [2.45, 2.75) is 0 Å². The fourth-order valence-electron chi connectivity index (χ4n) is 0.428. The van der Waals surface area contributed by atoms with E-state index < -0.39 is 0 Å². The highest BCUT2D eigenvalue weighted by Gasteiger charge is 2.04. The summed E-state index contributed by atoms with van der Waals surface area (Å²) in [4.78, 5) is 12.3. The number of carbonyl (C=O) groups excluding carboxylic acids is 1. The first-order valence-corrected chi connectivity index (χ1v) is 4.21. The Morgan fingerprint density at radius 1 is 1.80 bits per heavy atom. The molecule has 0 saturated heterocycles. The maximum absolute atomic E-state index is 10.9. The van der Waals surface area contributed by atoms with E-state index in [0.717, 1.165) is 0 Å². The van der Waals surface area contributed by atoms with E-state index in [4.69, 9.17) is 5.26 Å². The van der Waals surface area contributed by atoms with Crippen LogP contribution in [0.1, 0.15) is 0 Å². The summed E-state index contributed by atoms with van der Waals surface area (Å²) in [5.41, 5.74) is 0. The van der Waals surface area contributed by atoms with Gasteiger partial charge in [0.1, 0.15) is 6.54 Å². The van der Waals surface area contributed by atoms with Gasteiger partial charge in [0.25, 0.3) is 0 Å². The number of nitriles is 1. The van der Waals surface area contributed by atoms with Crippen LogP contribution in [0.4, 0.5) is 0 Å². The Labute approximate surface area is 65.0 Å². The zero-order valence-electron chi connectivity index (χ0n) is 6.13. The summed E-state index contributed by atoms with van der Waals surface area (Å²) in [5.74, 6) is 0.465. The van der Waals surface area contributed by atoms with Gasteiger partial charge < -0.3 is 4.90 Å². The number of carbonyl (C=O) groups is 1. The molecule has 0 unspecified atom stereocenters. The third-order valence-electron chi connectivity index (χ3n) is 1.00.